The molecule has 0 radical (unpaired) electrons. The third kappa shape index (κ3) is 2.52. The number of carbonyl (C=O) groups is 1. The van der Waals surface area contributed by atoms with Crippen LogP contribution in [0.25, 0.3) is 10.1 Å². The fourth-order valence-electron chi connectivity index (χ4n) is 1.66. The van der Waals surface area contributed by atoms with E-state index in [9.17, 15) is 18.0 Å². The zero-order chi connectivity index (χ0) is 14.2. The molecule has 1 aromatic carbocycles. The van der Waals surface area contributed by atoms with Gasteiger partial charge >= 0.3 is 12.1 Å². The van der Waals surface area contributed by atoms with Crippen molar-refractivity contribution in [3.63, 3.8) is 0 Å². The van der Waals surface area contributed by atoms with Crippen LogP contribution in [-0.2, 0) is 4.79 Å². The van der Waals surface area contributed by atoms with Crippen molar-refractivity contribution >= 4 is 44.9 Å². The highest BCUT2D eigenvalue weighted by atomic mass is 35.5. The molecule has 3 nitrogen and oxygen atoms in total. The monoisotopic (exact) mass is 308 g/mol. The highest BCUT2D eigenvalue weighted by molar-refractivity contribution is 7.13. The van der Waals surface area contributed by atoms with Crippen LogP contribution in [0, 0.1) is 0 Å². The maximum Gasteiger partial charge on any atom is 0.471 e. The summed E-state index contributed by atoms with van der Waals surface area (Å²) in [6.07, 6.45) is -4.94. The van der Waals surface area contributed by atoms with Gasteiger partial charge in [0.1, 0.15) is 0 Å². The van der Waals surface area contributed by atoms with Crippen molar-refractivity contribution in [1.82, 2.24) is 4.37 Å². The lowest BCUT2D eigenvalue weighted by atomic mass is 10.2. The molecule has 1 aromatic heterocycles. The topological polar surface area (TPSA) is 33.2 Å². The second-order valence-corrected chi connectivity index (χ2v) is 4.88. The van der Waals surface area contributed by atoms with Crippen molar-refractivity contribution in [2.24, 2.45) is 0 Å². The molecule has 0 aliphatic heterocycles. The lowest BCUT2D eigenvalue weighted by molar-refractivity contribution is -0.170. The van der Waals surface area contributed by atoms with Crippen molar-refractivity contribution in [2.75, 3.05) is 11.4 Å². The fourth-order valence-corrected chi connectivity index (χ4v) is 2.78. The third-order valence-electron chi connectivity index (χ3n) is 2.49. The van der Waals surface area contributed by atoms with Crippen LogP contribution in [0.2, 0.25) is 5.02 Å². The number of hydrogen-bond donors (Lipinski definition) is 0. The minimum absolute atomic E-state index is 0.0459. The van der Waals surface area contributed by atoms with Gasteiger partial charge in [0, 0.05) is 6.54 Å². The van der Waals surface area contributed by atoms with Gasteiger partial charge in [-0.2, -0.15) is 17.5 Å². The molecule has 0 N–H and O–H groups in total. The normalized spacial score (nSPS) is 11.8. The molecule has 0 aliphatic carbocycles. The van der Waals surface area contributed by atoms with Gasteiger partial charge in [-0.3, -0.25) is 9.69 Å². The Bertz CT molecular complexity index is 626. The standard InChI is InChI=1S/C11H8ClF3N2OS/c1-2-17(10(18)11(13,14)15)9-8-6(12)4-3-5-7(8)19-16-9/h3-5H,2H2,1H3. The predicted octanol–water partition coefficient (Wildman–Crippen LogP) is 3.86. The quantitative estimate of drug-likeness (QED) is 0.844. The Hall–Kier alpha value is -1.34. The molecule has 0 saturated carbocycles. The zero-order valence-corrected chi connectivity index (χ0v) is 11.2. The fraction of sp³-hybridized carbons (Fsp3) is 0.273. The van der Waals surface area contributed by atoms with Gasteiger partial charge in [-0.1, -0.05) is 17.7 Å². The first kappa shape index (κ1) is 14.1. The molecular formula is C11H8ClF3N2OS. The molecule has 0 aliphatic rings. The predicted molar refractivity (Wildman–Crippen MR) is 68.7 cm³/mol. The van der Waals surface area contributed by atoms with Crippen molar-refractivity contribution in [2.45, 2.75) is 13.1 Å². The van der Waals surface area contributed by atoms with Gasteiger partial charge in [0.15, 0.2) is 5.82 Å². The van der Waals surface area contributed by atoms with Gasteiger partial charge in [-0.25, -0.2) is 0 Å². The van der Waals surface area contributed by atoms with Gasteiger partial charge < -0.3 is 0 Å². The Morgan fingerprint density at radius 1 is 1.47 bits per heavy atom. The Balaban J connectivity index is 2.56. The van der Waals surface area contributed by atoms with Crippen LogP contribution >= 0.6 is 23.1 Å². The Labute approximate surface area is 115 Å². The number of halogens is 4. The number of fused-ring (bicyclic) bond motifs is 1. The van der Waals surface area contributed by atoms with E-state index >= 15 is 0 Å². The second-order valence-electron chi connectivity index (χ2n) is 3.67. The first-order chi connectivity index (χ1) is 8.86. The van der Waals surface area contributed by atoms with E-state index in [2.05, 4.69) is 4.37 Å². The molecule has 2 rings (SSSR count). The summed E-state index contributed by atoms with van der Waals surface area (Å²) < 4.78 is 42.1. The first-order valence-corrected chi connectivity index (χ1v) is 6.44. The van der Waals surface area contributed by atoms with Crippen LogP contribution < -0.4 is 4.90 Å². The molecular weight excluding hydrogens is 301 g/mol. The van der Waals surface area contributed by atoms with Crippen LogP contribution in [0.15, 0.2) is 18.2 Å². The molecule has 0 spiro atoms. The molecule has 102 valence electrons. The van der Waals surface area contributed by atoms with Gasteiger partial charge in [-0.15, -0.1) is 0 Å². The minimum atomic E-state index is -4.94. The molecule has 8 heteroatoms. The maximum absolute atomic E-state index is 12.5. The van der Waals surface area contributed by atoms with Crippen molar-refractivity contribution in [3.05, 3.63) is 23.2 Å². The zero-order valence-electron chi connectivity index (χ0n) is 9.66. The largest absolute Gasteiger partial charge is 0.471 e. The molecule has 0 atom stereocenters. The van der Waals surface area contributed by atoms with E-state index in [0.717, 1.165) is 11.5 Å². The van der Waals surface area contributed by atoms with Crippen LogP contribution in [0.5, 0.6) is 0 Å². The van der Waals surface area contributed by atoms with Crippen LogP contribution in [0.1, 0.15) is 6.92 Å². The second kappa shape index (κ2) is 4.97. The number of benzene rings is 1. The first-order valence-electron chi connectivity index (χ1n) is 5.28. The van der Waals surface area contributed by atoms with Gasteiger partial charge in [-0.05, 0) is 30.6 Å². The Kier molecular flexibility index (Phi) is 3.69. The SMILES string of the molecule is CCN(C(=O)C(F)(F)F)c1nsc2cccc(Cl)c12. The van der Waals surface area contributed by atoms with E-state index < -0.39 is 12.1 Å². The summed E-state index contributed by atoms with van der Waals surface area (Å²) in [4.78, 5) is 12.0. The Morgan fingerprint density at radius 2 is 2.16 bits per heavy atom. The summed E-state index contributed by atoms with van der Waals surface area (Å²) in [6.45, 7) is 1.31. The summed E-state index contributed by atoms with van der Waals surface area (Å²) in [5.74, 6) is -1.99. The number of amides is 1. The number of carbonyl (C=O) groups excluding carboxylic acids is 1. The number of rotatable bonds is 2. The summed E-state index contributed by atoms with van der Waals surface area (Å²) in [6, 6.07) is 4.91. The number of hydrogen-bond acceptors (Lipinski definition) is 3. The average Bonchev–Trinajstić information content (AvgIpc) is 2.74. The number of alkyl halides is 3. The minimum Gasteiger partial charge on any atom is -0.288 e. The molecule has 19 heavy (non-hydrogen) atoms. The molecule has 2 aromatic rings. The van der Waals surface area contributed by atoms with Crippen molar-refractivity contribution in [3.8, 4) is 0 Å². The lowest BCUT2D eigenvalue weighted by Crippen LogP contribution is -2.41. The smallest absolute Gasteiger partial charge is 0.288 e. The molecule has 1 heterocycles. The van der Waals surface area contributed by atoms with E-state index in [4.69, 9.17) is 11.6 Å². The summed E-state index contributed by atoms with van der Waals surface area (Å²) in [5, 5.41) is 0.642. The average molecular weight is 309 g/mol. The number of aromatic nitrogens is 1. The summed E-state index contributed by atoms with van der Waals surface area (Å²) >= 11 is 6.98. The van der Waals surface area contributed by atoms with Crippen LogP contribution in [-0.4, -0.2) is 23.0 Å². The molecule has 1 amide bonds. The van der Waals surface area contributed by atoms with Gasteiger partial charge in [0.25, 0.3) is 0 Å². The van der Waals surface area contributed by atoms with Crippen LogP contribution in [0.4, 0.5) is 19.0 Å². The highest BCUT2D eigenvalue weighted by Gasteiger charge is 2.43. The lowest BCUT2D eigenvalue weighted by Gasteiger charge is -2.20. The van der Waals surface area contributed by atoms with E-state index in [1.165, 1.54) is 6.92 Å². The van der Waals surface area contributed by atoms with E-state index in [0.29, 0.717) is 15.0 Å². The van der Waals surface area contributed by atoms with E-state index in [1.54, 1.807) is 18.2 Å². The van der Waals surface area contributed by atoms with E-state index in [1.807, 2.05) is 0 Å². The molecule has 0 unspecified atom stereocenters. The van der Waals surface area contributed by atoms with Crippen molar-refractivity contribution in [1.29, 1.82) is 0 Å². The van der Waals surface area contributed by atoms with E-state index in [-0.39, 0.29) is 17.4 Å². The molecule has 0 fully saturated rings. The Morgan fingerprint density at radius 3 is 2.74 bits per heavy atom. The van der Waals surface area contributed by atoms with Gasteiger partial charge in [0.2, 0.25) is 0 Å². The highest BCUT2D eigenvalue weighted by Crippen LogP contribution is 2.36. The molecule has 0 bridgehead atoms. The van der Waals surface area contributed by atoms with Crippen molar-refractivity contribution < 1.29 is 18.0 Å². The van der Waals surface area contributed by atoms with Gasteiger partial charge in [0.05, 0.1) is 15.1 Å². The maximum atomic E-state index is 12.5. The summed E-state index contributed by atoms with van der Waals surface area (Å²) in [5.41, 5.74) is 0. The summed E-state index contributed by atoms with van der Waals surface area (Å²) in [7, 11) is 0. The van der Waals surface area contributed by atoms with Crippen LogP contribution in [0.3, 0.4) is 0 Å². The third-order valence-corrected chi connectivity index (χ3v) is 3.61. The molecule has 0 saturated heterocycles. The number of nitrogens with zero attached hydrogens (tertiary/aromatic N) is 2. The number of anilines is 1.